The van der Waals surface area contributed by atoms with E-state index in [9.17, 15) is 23.5 Å². The average Bonchev–Trinajstić information content (AvgIpc) is 3.34. The van der Waals surface area contributed by atoms with Gasteiger partial charge in [-0.15, -0.1) is 0 Å². The first-order valence-corrected chi connectivity index (χ1v) is 11.5. The Labute approximate surface area is 198 Å². The molecule has 0 spiro atoms. The molecule has 3 aliphatic carbocycles. The molecule has 182 valence electrons. The van der Waals surface area contributed by atoms with E-state index in [1.54, 1.807) is 0 Å². The Balaban J connectivity index is 1.68. The quantitative estimate of drug-likeness (QED) is 0.375. The first kappa shape index (κ1) is 24.4. The summed E-state index contributed by atoms with van der Waals surface area (Å²) in [6.45, 7) is 1.11. The van der Waals surface area contributed by atoms with E-state index in [1.807, 2.05) is 0 Å². The summed E-state index contributed by atoms with van der Waals surface area (Å²) in [5.41, 5.74) is -2.63. The smallest absolute Gasteiger partial charge is 0.268 e. The normalized spacial score (nSPS) is 33.2. The first-order chi connectivity index (χ1) is 15.3. The lowest BCUT2D eigenvalue weighted by Crippen LogP contribution is -2.43. The molecule has 0 aliphatic heterocycles. The van der Waals surface area contributed by atoms with Gasteiger partial charge < -0.3 is 15.7 Å². The van der Waals surface area contributed by atoms with Gasteiger partial charge in [-0.05, 0) is 43.9 Å². The van der Waals surface area contributed by atoms with Gasteiger partial charge >= 0.3 is 0 Å². The molecule has 1 aromatic rings. The highest BCUT2D eigenvalue weighted by atomic mass is 35.5. The van der Waals surface area contributed by atoms with Crippen molar-refractivity contribution in [2.24, 2.45) is 11.3 Å². The van der Waals surface area contributed by atoms with E-state index < -0.39 is 64.8 Å². The van der Waals surface area contributed by atoms with Crippen molar-refractivity contribution in [3.8, 4) is 5.75 Å². The van der Waals surface area contributed by atoms with Crippen LogP contribution in [0.1, 0.15) is 63.5 Å². The molecular formula is C22H24Cl2F4N2O3. The molecule has 33 heavy (non-hydrogen) atoms. The fourth-order valence-corrected chi connectivity index (χ4v) is 6.30. The van der Waals surface area contributed by atoms with Crippen molar-refractivity contribution in [3.63, 3.8) is 0 Å². The molecule has 1 aromatic carbocycles. The van der Waals surface area contributed by atoms with E-state index in [0.29, 0.717) is 12.8 Å². The number of amides is 2. The standard InChI is InChI=1S/C22H24Cl2F4N2O3/c1-10(31)29-14-6-11(8-22(14,27)28)19(33)30-18(20-2-4-21(26,9-20)5-3-20)15-16(24)12(23)7-13(32)17(15)25/h7,11,14,18,32H,2-6,8-9H2,1H3,(H,29,31)(H,30,33)/t11-,14+,18+,20?,21?/m0/s1. The lowest BCUT2D eigenvalue weighted by Gasteiger charge is -2.38. The van der Waals surface area contributed by atoms with Crippen molar-refractivity contribution < 1.29 is 32.3 Å². The largest absolute Gasteiger partial charge is 0.505 e. The van der Waals surface area contributed by atoms with Gasteiger partial charge in [-0.1, -0.05) is 23.2 Å². The highest BCUT2D eigenvalue weighted by Gasteiger charge is 2.60. The summed E-state index contributed by atoms with van der Waals surface area (Å²) < 4.78 is 58.9. The van der Waals surface area contributed by atoms with Crippen molar-refractivity contribution in [1.29, 1.82) is 0 Å². The Kier molecular flexibility index (Phi) is 6.05. The van der Waals surface area contributed by atoms with Gasteiger partial charge in [0.2, 0.25) is 11.8 Å². The molecule has 5 nitrogen and oxygen atoms in total. The fraction of sp³-hybridized carbons (Fsp3) is 0.636. The zero-order chi connectivity index (χ0) is 24.3. The Bertz CT molecular complexity index is 972. The molecule has 0 aromatic heterocycles. The Hall–Kier alpha value is -1.74. The highest BCUT2D eigenvalue weighted by molar-refractivity contribution is 6.42. The number of halogens is 6. The van der Waals surface area contributed by atoms with E-state index in [4.69, 9.17) is 23.2 Å². The maximum absolute atomic E-state index is 15.1. The third kappa shape index (κ3) is 4.27. The Morgan fingerprint density at radius 3 is 2.36 bits per heavy atom. The minimum atomic E-state index is -3.30. The highest BCUT2D eigenvalue weighted by Crippen LogP contribution is 2.64. The summed E-state index contributed by atoms with van der Waals surface area (Å²) in [7, 11) is 0. The third-order valence-corrected chi connectivity index (χ3v) is 8.27. The van der Waals surface area contributed by atoms with E-state index >= 15 is 8.78 Å². The number of nitrogens with one attached hydrogen (secondary N) is 2. The van der Waals surface area contributed by atoms with Crippen molar-refractivity contribution in [2.45, 2.75) is 75.5 Å². The van der Waals surface area contributed by atoms with Gasteiger partial charge in [-0.25, -0.2) is 17.6 Å². The van der Waals surface area contributed by atoms with E-state index in [2.05, 4.69) is 10.6 Å². The van der Waals surface area contributed by atoms with Crippen LogP contribution >= 0.6 is 23.2 Å². The molecule has 11 heteroatoms. The van der Waals surface area contributed by atoms with Gasteiger partial charge in [0.15, 0.2) is 11.6 Å². The van der Waals surface area contributed by atoms with Crippen molar-refractivity contribution in [2.75, 3.05) is 0 Å². The number of fused-ring (bicyclic) bond motifs is 2. The fourth-order valence-electron chi connectivity index (χ4n) is 5.85. The number of rotatable bonds is 5. The first-order valence-electron chi connectivity index (χ1n) is 10.8. The van der Waals surface area contributed by atoms with Gasteiger partial charge in [-0.3, -0.25) is 9.59 Å². The molecule has 2 amide bonds. The van der Waals surface area contributed by atoms with Gasteiger partial charge in [0, 0.05) is 30.9 Å². The Morgan fingerprint density at radius 2 is 1.82 bits per heavy atom. The second-order valence-electron chi connectivity index (χ2n) is 9.70. The van der Waals surface area contributed by atoms with E-state index in [-0.39, 0.29) is 41.3 Å². The van der Waals surface area contributed by atoms with Crippen molar-refractivity contribution in [1.82, 2.24) is 10.6 Å². The van der Waals surface area contributed by atoms with E-state index in [1.165, 1.54) is 0 Å². The number of phenols is 1. The maximum atomic E-state index is 15.1. The molecule has 3 fully saturated rings. The summed E-state index contributed by atoms with van der Waals surface area (Å²) in [5.74, 6) is -7.76. The number of hydrogen-bond donors (Lipinski definition) is 3. The molecule has 3 aliphatic rings. The number of benzene rings is 1. The monoisotopic (exact) mass is 510 g/mol. The average molecular weight is 511 g/mol. The second-order valence-corrected chi connectivity index (χ2v) is 10.5. The lowest BCUT2D eigenvalue weighted by atomic mass is 9.74. The Morgan fingerprint density at radius 1 is 1.18 bits per heavy atom. The van der Waals surface area contributed by atoms with Crippen LogP contribution < -0.4 is 10.6 Å². The lowest BCUT2D eigenvalue weighted by molar-refractivity contribution is -0.127. The van der Waals surface area contributed by atoms with Gasteiger partial charge in [0.05, 0.1) is 22.1 Å². The summed E-state index contributed by atoms with van der Waals surface area (Å²) in [4.78, 5) is 24.4. The molecule has 3 N–H and O–H groups in total. The van der Waals surface area contributed by atoms with Gasteiger partial charge in [0.25, 0.3) is 5.92 Å². The number of carbonyl (C=O) groups excluding carboxylic acids is 2. The van der Waals surface area contributed by atoms with Gasteiger partial charge in [0.1, 0.15) is 5.67 Å². The maximum Gasteiger partial charge on any atom is 0.268 e. The third-order valence-electron chi connectivity index (χ3n) is 7.47. The van der Waals surface area contributed by atoms with Crippen molar-refractivity contribution in [3.05, 3.63) is 27.5 Å². The summed E-state index contributed by atoms with van der Waals surface area (Å²) in [6, 6.07) is -1.75. The molecule has 3 atom stereocenters. The number of phenolic OH excluding ortho intramolecular Hbond substituents is 1. The van der Waals surface area contributed by atoms with Gasteiger partial charge in [-0.2, -0.15) is 0 Å². The molecule has 0 heterocycles. The zero-order valence-electron chi connectivity index (χ0n) is 17.8. The minimum Gasteiger partial charge on any atom is -0.505 e. The predicted molar refractivity (Wildman–Crippen MR) is 114 cm³/mol. The SMILES string of the molecule is CC(=O)N[C@@H]1C[C@H](C(=O)N[C@H](c2c(F)c(O)cc(Cl)c2Cl)C23CCC(F)(CC2)C3)CC1(F)F. The van der Waals surface area contributed by atoms with Crippen LogP contribution in [-0.2, 0) is 9.59 Å². The van der Waals surface area contributed by atoms with Crippen LogP contribution in [0.2, 0.25) is 10.0 Å². The zero-order valence-corrected chi connectivity index (χ0v) is 19.3. The van der Waals surface area contributed by atoms with Crippen LogP contribution in [0.3, 0.4) is 0 Å². The molecule has 3 saturated carbocycles. The van der Waals surface area contributed by atoms with Crippen LogP contribution in [0.4, 0.5) is 17.6 Å². The predicted octanol–water partition coefficient (Wildman–Crippen LogP) is 5.22. The summed E-state index contributed by atoms with van der Waals surface area (Å²) in [6.07, 6.45) is 0.0350. The molecular weight excluding hydrogens is 487 g/mol. The van der Waals surface area contributed by atoms with Crippen LogP contribution in [0.5, 0.6) is 5.75 Å². The van der Waals surface area contributed by atoms with Crippen molar-refractivity contribution >= 4 is 35.0 Å². The summed E-state index contributed by atoms with van der Waals surface area (Å²) >= 11 is 12.3. The topological polar surface area (TPSA) is 78.4 Å². The van der Waals surface area contributed by atoms with Crippen LogP contribution in [0.15, 0.2) is 6.07 Å². The molecule has 0 radical (unpaired) electrons. The second kappa shape index (κ2) is 8.18. The molecule has 4 rings (SSSR count). The molecule has 0 saturated heterocycles. The van der Waals surface area contributed by atoms with E-state index in [0.717, 1.165) is 13.0 Å². The number of alkyl halides is 3. The number of aromatic hydroxyl groups is 1. The molecule has 0 unspecified atom stereocenters. The number of carbonyl (C=O) groups is 2. The molecule has 2 bridgehead atoms. The van der Waals surface area contributed by atoms with Crippen LogP contribution in [0, 0.1) is 17.2 Å². The van der Waals surface area contributed by atoms with Crippen LogP contribution in [0.25, 0.3) is 0 Å². The number of hydrogen-bond acceptors (Lipinski definition) is 3. The minimum absolute atomic E-state index is 0.0450. The summed E-state index contributed by atoms with van der Waals surface area (Å²) in [5, 5.41) is 14.4. The van der Waals surface area contributed by atoms with Crippen LogP contribution in [-0.4, -0.2) is 34.6 Å².